The molecule has 2 heterocycles. The molecule has 0 spiro atoms. The number of likely N-dealkylation sites (tertiary alicyclic amines) is 1. The lowest BCUT2D eigenvalue weighted by Gasteiger charge is -2.48. The molecule has 1 atom stereocenters. The molecule has 3 aromatic rings. The van der Waals surface area contributed by atoms with Crippen LogP contribution in [0.3, 0.4) is 0 Å². The molecule has 10 heteroatoms. The molecule has 1 aliphatic carbocycles. The number of anilines is 1. The number of amides is 1. The molecule has 0 bridgehead atoms. The fourth-order valence-corrected chi connectivity index (χ4v) is 8.58. The second-order valence-electron chi connectivity index (χ2n) is 13.6. The van der Waals surface area contributed by atoms with E-state index in [0.29, 0.717) is 59.5 Å². The van der Waals surface area contributed by atoms with Crippen molar-refractivity contribution in [3.8, 4) is 0 Å². The second kappa shape index (κ2) is 12.0. The molecule has 8 nitrogen and oxygen atoms in total. The second-order valence-corrected chi connectivity index (χ2v) is 16.0. The van der Waals surface area contributed by atoms with Crippen LogP contribution in [-0.4, -0.2) is 77.1 Å². The van der Waals surface area contributed by atoms with Crippen LogP contribution >= 0.6 is 11.6 Å². The minimum atomic E-state index is -3.63. The highest BCUT2D eigenvalue weighted by Gasteiger charge is 2.50. The van der Waals surface area contributed by atoms with Crippen LogP contribution in [0.1, 0.15) is 72.5 Å². The van der Waals surface area contributed by atoms with Crippen molar-refractivity contribution >= 4 is 44.1 Å². The van der Waals surface area contributed by atoms with Crippen LogP contribution in [-0.2, 0) is 20.0 Å². The monoisotopic (exact) mass is 625 g/mol. The zero-order chi connectivity index (χ0) is 31.2. The van der Waals surface area contributed by atoms with Crippen molar-refractivity contribution in [1.29, 1.82) is 0 Å². The minimum absolute atomic E-state index is 0.0787. The number of nitrogens with zero attached hydrogens (tertiary/aromatic N) is 4. The van der Waals surface area contributed by atoms with Gasteiger partial charge in [0, 0.05) is 34.5 Å². The summed E-state index contributed by atoms with van der Waals surface area (Å²) in [6, 6.07) is 14.3. The van der Waals surface area contributed by atoms with Crippen molar-refractivity contribution < 1.29 is 13.2 Å². The van der Waals surface area contributed by atoms with E-state index in [1.54, 1.807) is 30.3 Å². The first-order valence-electron chi connectivity index (χ1n) is 15.3. The molecule has 5 rings (SSSR count). The van der Waals surface area contributed by atoms with Crippen molar-refractivity contribution in [1.82, 2.24) is 19.8 Å². The molecule has 232 valence electrons. The van der Waals surface area contributed by atoms with Crippen LogP contribution in [0.2, 0.25) is 5.02 Å². The first-order valence-corrected chi connectivity index (χ1v) is 17.3. The highest BCUT2D eigenvalue weighted by Crippen LogP contribution is 2.41. The summed E-state index contributed by atoms with van der Waals surface area (Å²) in [7, 11) is -1.50. The number of halogens is 1. The Morgan fingerprint density at radius 2 is 1.74 bits per heavy atom. The third-order valence-electron chi connectivity index (χ3n) is 9.25. The van der Waals surface area contributed by atoms with E-state index in [1.165, 1.54) is 0 Å². The predicted octanol–water partition coefficient (Wildman–Crippen LogP) is 6.09. The summed E-state index contributed by atoms with van der Waals surface area (Å²) in [5.74, 6) is 1.09. The van der Waals surface area contributed by atoms with Gasteiger partial charge in [-0.05, 0) is 83.3 Å². The Morgan fingerprint density at radius 3 is 2.37 bits per heavy atom. The van der Waals surface area contributed by atoms with Gasteiger partial charge in [0.05, 0.1) is 21.7 Å². The number of carbonyl (C=O) groups excluding carboxylic acids is 1. The molecule has 1 unspecified atom stereocenters. The largest absolute Gasteiger partial charge is 0.358 e. The van der Waals surface area contributed by atoms with Crippen LogP contribution in [0.5, 0.6) is 0 Å². The van der Waals surface area contributed by atoms with Crippen LogP contribution < -0.4 is 5.32 Å². The van der Waals surface area contributed by atoms with Crippen molar-refractivity contribution in [2.45, 2.75) is 101 Å². The van der Waals surface area contributed by atoms with E-state index in [-0.39, 0.29) is 17.1 Å². The van der Waals surface area contributed by atoms with E-state index in [9.17, 15) is 13.2 Å². The summed E-state index contributed by atoms with van der Waals surface area (Å²) in [5.41, 5.74) is -0.315. The molecular formula is C33H44ClN5O3S. The van der Waals surface area contributed by atoms with Gasteiger partial charge in [-0.25, -0.2) is 18.4 Å². The quantitative estimate of drug-likeness (QED) is 0.324. The van der Waals surface area contributed by atoms with Crippen LogP contribution in [0.4, 0.5) is 5.82 Å². The fourth-order valence-electron chi connectivity index (χ4n) is 6.52. The van der Waals surface area contributed by atoms with Gasteiger partial charge in [0.1, 0.15) is 17.7 Å². The summed E-state index contributed by atoms with van der Waals surface area (Å²) in [5, 5.41) is 4.76. The molecular weight excluding hydrogens is 582 g/mol. The van der Waals surface area contributed by atoms with E-state index < -0.39 is 21.4 Å². The molecule has 1 aliphatic heterocycles. The Kier molecular flexibility index (Phi) is 8.82. The summed E-state index contributed by atoms with van der Waals surface area (Å²) in [6.07, 6.45) is 3.51. The van der Waals surface area contributed by atoms with Gasteiger partial charge in [-0.3, -0.25) is 4.79 Å². The van der Waals surface area contributed by atoms with Crippen molar-refractivity contribution in [2.75, 3.05) is 24.7 Å². The lowest BCUT2D eigenvalue weighted by atomic mass is 9.78. The average Bonchev–Trinajstić information content (AvgIpc) is 3.33. The molecule has 0 radical (unpaired) electrons. The van der Waals surface area contributed by atoms with Crippen molar-refractivity contribution in [2.24, 2.45) is 0 Å². The summed E-state index contributed by atoms with van der Waals surface area (Å²) in [4.78, 5) is 28.4. The number of nitrogens with one attached hydrogen (secondary N) is 1. The molecule has 43 heavy (non-hydrogen) atoms. The normalized spacial score (nSPS) is 23.5. The van der Waals surface area contributed by atoms with E-state index >= 15 is 0 Å². The number of fused-ring (bicyclic) bond motifs is 1. The molecule has 1 N–H and O–H groups in total. The van der Waals surface area contributed by atoms with Gasteiger partial charge in [-0.15, -0.1) is 0 Å². The van der Waals surface area contributed by atoms with Gasteiger partial charge in [0.25, 0.3) is 0 Å². The molecule has 1 saturated carbocycles. The SMILES string of the molecule is CC(C)N(C)C1CCC(CS(=O)(=O)c2ccccc2)(N2CCC(Nc3nc(C(C)(C)C)nc4ccc(Cl)cc34)C2=O)CC1. The van der Waals surface area contributed by atoms with Gasteiger partial charge < -0.3 is 15.1 Å². The summed E-state index contributed by atoms with van der Waals surface area (Å²) in [6.45, 7) is 11.0. The number of sulfone groups is 1. The molecule has 2 aromatic carbocycles. The van der Waals surface area contributed by atoms with Crippen LogP contribution in [0, 0.1) is 0 Å². The Hall–Kier alpha value is -2.75. The van der Waals surface area contributed by atoms with E-state index in [4.69, 9.17) is 21.6 Å². The Bertz CT molecular complexity index is 1580. The molecule has 2 fully saturated rings. The van der Waals surface area contributed by atoms with Gasteiger partial charge in [0.15, 0.2) is 9.84 Å². The number of hydrogen-bond acceptors (Lipinski definition) is 7. The standard InChI is InChI=1S/C33H44ClN5O3S/c1-22(2)38(6)24-14-17-33(18-15-24,21-43(41,42)25-10-8-7-9-11-25)39-19-16-28(30(39)40)35-29-26-20-23(34)12-13-27(26)36-31(37-29)32(3,4)5/h7-13,20,22,24,28H,14-19,21H2,1-6H3,(H,35,36,37). The third-order valence-corrected chi connectivity index (χ3v) is 11.4. The minimum Gasteiger partial charge on any atom is -0.358 e. The average molecular weight is 626 g/mol. The first kappa shape index (κ1) is 31.7. The maximum absolute atomic E-state index is 14.2. The van der Waals surface area contributed by atoms with E-state index in [2.05, 4.69) is 51.9 Å². The molecule has 1 saturated heterocycles. The fraction of sp³-hybridized carbons (Fsp3) is 0.545. The highest BCUT2D eigenvalue weighted by atomic mass is 35.5. The molecule has 2 aliphatic rings. The number of benzene rings is 2. The Morgan fingerprint density at radius 1 is 1.07 bits per heavy atom. The maximum atomic E-state index is 14.2. The van der Waals surface area contributed by atoms with Gasteiger partial charge in [0.2, 0.25) is 5.91 Å². The first-order chi connectivity index (χ1) is 20.2. The van der Waals surface area contributed by atoms with Gasteiger partial charge in [-0.2, -0.15) is 0 Å². The number of rotatable bonds is 8. The lowest BCUT2D eigenvalue weighted by Crippen LogP contribution is -2.58. The topological polar surface area (TPSA) is 95.5 Å². The number of aromatic nitrogens is 2. The third kappa shape index (κ3) is 6.54. The van der Waals surface area contributed by atoms with E-state index in [1.807, 2.05) is 23.1 Å². The maximum Gasteiger partial charge on any atom is 0.245 e. The Labute approximate surface area is 261 Å². The predicted molar refractivity (Wildman–Crippen MR) is 173 cm³/mol. The van der Waals surface area contributed by atoms with E-state index in [0.717, 1.165) is 23.7 Å². The zero-order valence-electron chi connectivity index (χ0n) is 26.1. The summed E-state index contributed by atoms with van der Waals surface area (Å²) < 4.78 is 27.6. The smallest absolute Gasteiger partial charge is 0.245 e. The molecule has 1 amide bonds. The van der Waals surface area contributed by atoms with Crippen LogP contribution in [0.15, 0.2) is 53.4 Å². The van der Waals surface area contributed by atoms with Gasteiger partial charge in [-0.1, -0.05) is 50.6 Å². The number of hydrogen-bond donors (Lipinski definition) is 1. The highest BCUT2D eigenvalue weighted by molar-refractivity contribution is 7.91. The van der Waals surface area contributed by atoms with Gasteiger partial charge >= 0.3 is 0 Å². The lowest BCUT2D eigenvalue weighted by molar-refractivity contribution is -0.134. The Balaban J connectivity index is 1.46. The van der Waals surface area contributed by atoms with Crippen molar-refractivity contribution in [3.63, 3.8) is 0 Å². The van der Waals surface area contributed by atoms with Crippen LogP contribution in [0.25, 0.3) is 10.9 Å². The molecule has 1 aromatic heterocycles. The summed E-state index contributed by atoms with van der Waals surface area (Å²) >= 11 is 6.36. The zero-order valence-corrected chi connectivity index (χ0v) is 27.7. The van der Waals surface area contributed by atoms with Crippen molar-refractivity contribution in [3.05, 3.63) is 59.4 Å². The number of carbonyl (C=O) groups is 1.